The maximum Gasteiger partial charge on any atom is 0.315 e. The molecule has 180 valence electrons. The molecule has 3 amide bonds. The normalized spacial score (nSPS) is 30.3. The molecule has 4 aliphatic carbocycles. The van der Waals surface area contributed by atoms with Crippen molar-refractivity contribution in [2.45, 2.75) is 57.4 Å². The van der Waals surface area contributed by atoms with Crippen LogP contribution in [0.25, 0.3) is 0 Å². The van der Waals surface area contributed by atoms with E-state index in [2.05, 4.69) is 21.6 Å². The molecule has 1 heterocycles. The first-order valence-corrected chi connectivity index (χ1v) is 12.8. The van der Waals surface area contributed by atoms with Gasteiger partial charge in [-0.25, -0.2) is 4.79 Å². The van der Waals surface area contributed by atoms with Gasteiger partial charge in [0.25, 0.3) is 0 Å². The van der Waals surface area contributed by atoms with E-state index in [1.54, 1.807) is 0 Å². The molecule has 2 N–H and O–H groups in total. The van der Waals surface area contributed by atoms with Crippen LogP contribution in [0.2, 0.25) is 0 Å². The highest BCUT2D eigenvalue weighted by Gasteiger charge is 2.51. The molecule has 0 aromatic heterocycles. The molecule has 0 unspecified atom stereocenters. The van der Waals surface area contributed by atoms with Crippen LogP contribution in [-0.4, -0.2) is 61.7 Å². The summed E-state index contributed by atoms with van der Waals surface area (Å²) in [6.07, 6.45) is 7.86. The van der Waals surface area contributed by atoms with E-state index in [1.165, 1.54) is 19.3 Å². The average molecular weight is 455 g/mol. The number of piperazine rings is 1. The fourth-order valence-electron chi connectivity index (χ4n) is 7.18. The summed E-state index contributed by atoms with van der Waals surface area (Å²) >= 11 is 0. The summed E-state index contributed by atoms with van der Waals surface area (Å²) in [7, 11) is 0. The number of benzene rings is 1. The topological polar surface area (TPSA) is 73.9 Å². The lowest BCUT2D eigenvalue weighted by Crippen LogP contribution is -2.61. The van der Waals surface area contributed by atoms with E-state index in [1.807, 2.05) is 30.0 Å². The second-order valence-corrected chi connectivity index (χ2v) is 10.6. The van der Waals surface area contributed by atoms with Crippen molar-refractivity contribution in [2.24, 2.45) is 17.8 Å². The van der Waals surface area contributed by atoms with Gasteiger partial charge in [0.1, 0.15) is 5.75 Å². The van der Waals surface area contributed by atoms with Crippen molar-refractivity contribution in [3.05, 3.63) is 24.3 Å². The van der Waals surface area contributed by atoms with Gasteiger partial charge >= 0.3 is 6.03 Å². The lowest BCUT2D eigenvalue weighted by Gasteiger charge is -2.56. The third-order valence-corrected chi connectivity index (χ3v) is 8.18. The Labute approximate surface area is 197 Å². The van der Waals surface area contributed by atoms with Crippen LogP contribution < -0.4 is 20.3 Å². The van der Waals surface area contributed by atoms with Crippen molar-refractivity contribution in [1.29, 1.82) is 0 Å². The van der Waals surface area contributed by atoms with Gasteiger partial charge in [-0.1, -0.05) is 12.1 Å². The number of nitrogens with zero attached hydrogens (tertiary/aromatic N) is 2. The van der Waals surface area contributed by atoms with Gasteiger partial charge in [0.05, 0.1) is 12.3 Å². The van der Waals surface area contributed by atoms with E-state index in [0.717, 1.165) is 61.5 Å². The molecule has 0 radical (unpaired) electrons. The van der Waals surface area contributed by atoms with Gasteiger partial charge in [-0.3, -0.25) is 4.79 Å². The first-order chi connectivity index (χ1) is 16.0. The van der Waals surface area contributed by atoms with E-state index in [-0.39, 0.29) is 17.5 Å². The molecule has 0 spiro atoms. The Morgan fingerprint density at radius 2 is 1.64 bits per heavy atom. The predicted molar refractivity (Wildman–Crippen MR) is 128 cm³/mol. The monoisotopic (exact) mass is 454 g/mol. The molecule has 33 heavy (non-hydrogen) atoms. The minimum absolute atomic E-state index is 0.0109. The number of rotatable bonds is 7. The first kappa shape index (κ1) is 22.4. The molecule has 1 aliphatic heterocycles. The number of ether oxygens (including phenoxy) is 1. The Hall–Kier alpha value is -2.44. The van der Waals surface area contributed by atoms with Crippen molar-refractivity contribution in [1.82, 2.24) is 15.5 Å². The van der Waals surface area contributed by atoms with Gasteiger partial charge in [0.15, 0.2) is 0 Å². The largest absolute Gasteiger partial charge is 0.492 e. The van der Waals surface area contributed by atoms with Gasteiger partial charge < -0.3 is 25.2 Å². The number of hydrogen-bond acceptors (Lipinski definition) is 4. The molecule has 7 heteroatoms. The fourth-order valence-corrected chi connectivity index (χ4v) is 7.18. The van der Waals surface area contributed by atoms with Gasteiger partial charge in [-0.2, -0.15) is 0 Å². The lowest BCUT2D eigenvalue weighted by atomic mass is 9.53. The molecule has 4 saturated carbocycles. The number of hydrogen-bond donors (Lipinski definition) is 2. The number of urea groups is 1. The van der Waals surface area contributed by atoms with Crippen molar-refractivity contribution in [3.63, 3.8) is 0 Å². The zero-order valence-corrected chi connectivity index (χ0v) is 19.9. The van der Waals surface area contributed by atoms with E-state index in [4.69, 9.17) is 4.74 Å². The van der Waals surface area contributed by atoms with Gasteiger partial charge in [0, 0.05) is 44.7 Å². The van der Waals surface area contributed by atoms with Crippen LogP contribution in [0.3, 0.4) is 0 Å². The highest BCUT2D eigenvalue weighted by Crippen LogP contribution is 2.55. The van der Waals surface area contributed by atoms with E-state index >= 15 is 0 Å². The summed E-state index contributed by atoms with van der Waals surface area (Å²) in [4.78, 5) is 29.5. The quantitative estimate of drug-likeness (QED) is 0.662. The number of para-hydroxylation sites is 2. The van der Waals surface area contributed by atoms with E-state index in [0.29, 0.717) is 32.7 Å². The van der Waals surface area contributed by atoms with Gasteiger partial charge in [0.2, 0.25) is 5.91 Å². The standard InChI is InChI=1S/C26H38N4O3/c1-2-33-23-6-4-3-5-22(23)29-9-11-30(12-10-29)24(31)7-8-27-25(32)28-26-16-19-13-20(17-26)15-21(14-19)18-26/h3-6,19-21H,2,7-18H2,1H3,(H2,27,28,32). The molecule has 1 aromatic rings. The van der Waals surface area contributed by atoms with Gasteiger partial charge in [-0.15, -0.1) is 0 Å². The average Bonchev–Trinajstić information content (AvgIpc) is 2.78. The number of anilines is 1. The van der Waals surface area contributed by atoms with Crippen LogP contribution in [-0.2, 0) is 4.79 Å². The Bertz CT molecular complexity index is 830. The van der Waals surface area contributed by atoms with Crippen LogP contribution in [0.4, 0.5) is 10.5 Å². The number of carbonyl (C=O) groups excluding carboxylic acids is 2. The van der Waals surface area contributed by atoms with Crippen molar-refractivity contribution in [2.75, 3.05) is 44.2 Å². The Kier molecular flexibility index (Phi) is 6.39. The summed E-state index contributed by atoms with van der Waals surface area (Å²) < 4.78 is 5.76. The summed E-state index contributed by atoms with van der Waals surface area (Å²) in [6.45, 7) is 5.98. The third-order valence-electron chi connectivity index (χ3n) is 8.18. The molecule has 1 saturated heterocycles. The maximum atomic E-state index is 12.7. The number of amides is 3. The Morgan fingerprint density at radius 1 is 1.00 bits per heavy atom. The van der Waals surface area contributed by atoms with Crippen LogP contribution >= 0.6 is 0 Å². The SMILES string of the molecule is CCOc1ccccc1N1CCN(C(=O)CCNC(=O)NC23CC4CC(CC(C4)C2)C3)CC1. The smallest absolute Gasteiger partial charge is 0.315 e. The van der Waals surface area contributed by atoms with Crippen LogP contribution in [0.1, 0.15) is 51.9 Å². The Balaban J connectivity index is 1.04. The summed E-state index contributed by atoms with van der Waals surface area (Å²) in [5.41, 5.74) is 1.10. The van der Waals surface area contributed by atoms with E-state index < -0.39 is 0 Å². The van der Waals surface area contributed by atoms with Crippen LogP contribution in [0, 0.1) is 17.8 Å². The van der Waals surface area contributed by atoms with E-state index in [9.17, 15) is 9.59 Å². The second kappa shape index (κ2) is 9.43. The second-order valence-electron chi connectivity index (χ2n) is 10.6. The van der Waals surface area contributed by atoms with Crippen molar-refractivity contribution >= 4 is 17.6 Å². The first-order valence-electron chi connectivity index (χ1n) is 12.8. The minimum atomic E-state index is -0.0953. The predicted octanol–water partition coefficient (Wildman–Crippen LogP) is 3.39. The molecule has 5 fully saturated rings. The summed E-state index contributed by atoms with van der Waals surface area (Å²) in [5.74, 6) is 3.42. The highest BCUT2D eigenvalue weighted by molar-refractivity contribution is 5.79. The molecule has 5 aliphatic rings. The summed E-state index contributed by atoms with van der Waals surface area (Å²) in [5, 5.41) is 6.28. The fraction of sp³-hybridized carbons (Fsp3) is 0.692. The molecule has 6 rings (SSSR count). The van der Waals surface area contributed by atoms with Gasteiger partial charge in [-0.05, 0) is 75.3 Å². The molecular formula is C26H38N4O3. The molecule has 1 aromatic carbocycles. The number of carbonyl (C=O) groups is 2. The summed E-state index contributed by atoms with van der Waals surface area (Å²) in [6, 6.07) is 7.99. The molecular weight excluding hydrogens is 416 g/mol. The lowest BCUT2D eigenvalue weighted by molar-refractivity contribution is -0.131. The molecule has 4 bridgehead atoms. The minimum Gasteiger partial charge on any atom is -0.492 e. The van der Waals surface area contributed by atoms with Crippen LogP contribution in [0.15, 0.2) is 24.3 Å². The zero-order valence-electron chi connectivity index (χ0n) is 19.9. The molecule has 0 atom stereocenters. The highest BCUT2D eigenvalue weighted by atomic mass is 16.5. The molecule has 7 nitrogen and oxygen atoms in total. The Morgan fingerprint density at radius 3 is 2.27 bits per heavy atom. The van der Waals surface area contributed by atoms with Crippen LogP contribution in [0.5, 0.6) is 5.75 Å². The third kappa shape index (κ3) is 4.92. The van der Waals surface area contributed by atoms with Crippen molar-refractivity contribution in [3.8, 4) is 5.75 Å². The zero-order chi connectivity index (χ0) is 22.8. The maximum absolute atomic E-state index is 12.7. The van der Waals surface area contributed by atoms with Crippen molar-refractivity contribution < 1.29 is 14.3 Å². The number of nitrogens with one attached hydrogen (secondary N) is 2.